The van der Waals surface area contributed by atoms with Crippen LogP contribution in [0.1, 0.15) is 22.3 Å². The SMILES string of the molecule is Cc1cc(Cl)c(Cc2cccc(CN)c2)cc1F. The summed E-state index contributed by atoms with van der Waals surface area (Å²) in [6.07, 6.45) is 0.615. The van der Waals surface area contributed by atoms with E-state index in [1.54, 1.807) is 13.0 Å². The molecule has 1 nitrogen and oxygen atoms in total. The van der Waals surface area contributed by atoms with Gasteiger partial charge in [-0.05, 0) is 47.7 Å². The van der Waals surface area contributed by atoms with Crippen LogP contribution in [0.15, 0.2) is 36.4 Å². The summed E-state index contributed by atoms with van der Waals surface area (Å²) in [4.78, 5) is 0. The van der Waals surface area contributed by atoms with E-state index in [1.807, 2.05) is 24.3 Å². The maximum absolute atomic E-state index is 13.5. The Morgan fingerprint density at radius 1 is 1.17 bits per heavy atom. The van der Waals surface area contributed by atoms with E-state index >= 15 is 0 Å². The fraction of sp³-hybridized carbons (Fsp3) is 0.200. The molecule has 0 atom stereocenters. The molecule has 0 radical (unpaired) electrons. The van der Waals surface area contributed by atoms with Crippen LogP contribution < -0.4 is 5.73 Å². The molecule has 0 amide bonds. The molecule has 0 aliphatic carbocycles. The van der Waals surface area contributed by atoms with E-state index in [0.29, 0.717) is 23.6 Å². The van der Waals surface area contributed by atoms with Gasteiger partial charge in [-0.3, -0.25) is 0 Å². The van der Waals surface area contributed by atoms with Crippen molar-refractivity contribution in [2.24, 2.45) is 5.73 Å². The highest BCUT2D eigenvalue weighted by atomic mass is 35.5. The van der Waals surface area contributed by atoms with Crippen molar-refractivity contribution in [3.8, 4) is 0 Å². The maximum Gasteiger partial charge on any atom is 0.126 e. The standard InChI is InChI=1S/C15H15ClFN/c1-10-5-14(16)13(8-15(10)17)7-11-3-2-4-12(6-11)9-18/h2-6,8H,7,9,18H2,1H3. The van der Waals surface area contributed by atoms with E-state index in [4.69, 9.17) is 17.3 Å². The number of benzene rings is 2. The van der Waals surface area contributed by atoms with Crippen LogP contribution in [-0.4, -0.2) is 0 Å². The van der Waals surface area contributed by atoms with Crippen LogP contribution in [0.3, 0.4) is 0 Å². The molecule has 94 valence electrons. The minimum Gasteiger partial charge on any atom is -0.326 e. The van der Waals surface area contributed by atoms with Gasteiger partial charge in [0.2, 0.25) is 0 Å². The van der Waals surface area contributed by atoms with Crippen molar-refractivity contribution in [1.82, 2.24) is 0 Å². The van der Waals surface area contributed by atoms with Crippen molar-refractivity contribution in [3.05, 3.63) is 69.5 Å². The Labute approximate surface area is 111 Å². The van der Waals surface area contributed by atoms with Crippen LogP contribution in [0.4, 0.5) is 4.39 Å². The third kappa shape index (κ3) is 2.89. The molecular formula is C15H15ClFN. The average molecular weight is 264 g/mol. The zero-order valence-corrected chi connectivity index (χ0v) is 11.0. The van der Waals surface area contributed by atoms with E-state index in [-0.39, 0.29) is 5.82 Å². The first-order valence-corrected chi connectivity index (χ1v) is 6.20. The van der Waals surface area contributed by atoms with E-state index in [0.717, 1.165) is 16.7 Å². The van der Waals surface area contributed by atoms with Gasteiger partial charge in [-0.2, -0.15) is 0 Å². The van der Waals surface area contributed by atoms with E-state index in [1.165, 1.54) is 6.07 Å². The van der Waals surface area contributed by atoms with Crippen LogP contribution in [0.5, 0.6) is 0 Å². The van der Waals surface area contributed by atoms with Gasteiger partial charge < -0.3 is 5.73 Å². The number of aryl methyl sites for hydroxylation is 1. The predicted molar refractivity (Wildman–Crippen MR) is 73.3 cm³/mol. The van der Waals surface area contributed by atoms with Gasteiger partial charge in [0.1, 0.15) is 5.82 Å². The molecule has 0 aliphatic rings. The Balaban J connectivity index is 2.30. The lowest BCUT2D eigenvalue weighted by Gasteiger charge is -2.08. The van der Waals surface area contributed by atoms with Gasteiger partial charge in [-0.15, -0.1) is 0 Å². The van der Waals surface area contributed by atoms with Crippen molar-refractivity contribution < 1.29 is 4.39 Å². The van der Waals surface area contributed by atoms with E-state index < -0.39 is 0 Å². The van der Waals surface area contributed by atoms with Crippen molar-refractivity contribution in [2.75, 3.05) is 0 Å². The van der Waals surface area contributed by atoms with E-state index in [9.17, 15) is 4.39 Å². The topological polar surface area (TPSA) is 26.0 Å². The molecule has 0 fully saturated rings. The lowest BCUT2D eigenvalue weighted by molar-refractivity contribution is 0.616. The number of nitrogens with two attached hydrogens (primary N) is 1. The van der Waals surface area contributed by atoms with Crippen molar-refractivity contribution in [2.45, 2.75) is 19.9 Å². The van der Waals surface area contributed by atoms with Gasteiger partial charge in [0, 0.05) is 11.6 Å². The second-order valence-corrected chi connectivity index (χ2v) is 4.80. The summed E-state index contributed by atoms with van der Waals surface area (Å²) < 4.78 is 13.5. The Morgan fingerprint density at radius 3 is 2.61 bits per heavy atom. The van der Waals surface area contributed by atoms with Gasteiger partial charge in [0.05, 0.1) is 0 Å². The molecule has 0 heterocycles. The molecule has 2 aromatic rings. The Bertz CT molecular complexity index is 566. The molecule has 2 aromatic carbocycles. The number of rotatable bonds is 3. The first-order valence-electron chi connectivity index (χ1n) is 5.82. The summed E-state index contributed by atoms with van der Waals surface area (Å²) in [5.74, 6) is -0.218. The summed E-state index contributed by atoms with van der Waals surface area (Å²) in [6, 6.07) is 11.1. The van der Waals surface area contributed by atoms with Gasteiger partial charge >= 0.3 is 0 Å². The molecule has 0 saturated carbocycles. The zero-order chi connectivity index (χ0) is 13.1. The third-order valence-corrected chi connectivity index (χ3v) is 3.30. The summed E-state index contributed by atoms with van der Waals surface area (Å²) >= 11 is 6.13. The van der Waals surface area contributed by atoms with Crippen molar-refractivity contribution in [1.29, 1.82) is 0 Å². The number of halogens is 2. The summed E-state index contributed by atoms with van der Waals surface area (Å²) in [7, 11) is 0. The third-order valence-electron chi connectivity index (χ3n) is 2.95. The highest BCUT2D eigenvalue weighted by Gasteiger charge is 2.07. The smallest absolute Gasteiger partial charge is 0.126 e. The highest BCUT2D eigenvalue weighted by Crippen LogP contribution is 2.23. The molecule has 18 heavy (non-hydrogen) atoms. The van der Waals surface area contributed by atoms with Crippen LogP contribution in [0, 0.1) is 12.7 Å². The molecule has 0 aliphatic heterocycles. The first kappa shape index (κ1) is 13.1. The van der Waals surface area contributed by atoms with Crippen molar-refractivity contribution in [3.63, 3.8) is 0 Å². The zero-order valence-electron chi connectivity index (χ0n) is 10.2. The second-order valence-electron chi connectivity index (χ2n) is 4.39. The molecular weight excluding hydrogens is 249 g/mol. The normalized spacial score (nSPS) is 10.7. The minimum absolute atomic E-state index is 0.218. The summed E-state index contributed by atoms with van der Waals surface area (Å²) in [6.45, 7) is 2.21. The summed E-state index contributed by atoms with van der Waals surface area (Å²) in [5, 5.41) is 0.604. The monoisotopic (exact) mass is 263 g/mol. The van der Waals surface area contributed by atoms with Crippen LogP contribution in [-0.2, 0) is 13.0 Å². The Kier molecular flexibility index (Phi) is 4.00. The van der Waals surface area contributed by atoms with Crippen LogP contribution >= 0.6 is 11.6 Å². The van der Waals surface area contributed by atoms with Gasteiger partial charge in [-0.25, -0.2) is 4.39 Å². The van der Waals surface area contributed by atoms with Crippen molar-refractivity contribution >= 4 is 11.6 Å². The first-order chi connectivity index (χ1) is 8.60. The van der Waals surface area contributed by atoms with Gasteiger partial charge in [-0.1, -0.05) is 35.9 Å². The summed E-state index contributed by atoms with van der Waals surface area (Å²) in [5.41, 5.74) is 9.12. The quantitative estimate of drug-likeness (QED) is 0.895. The van der Waals surface area contributed by atoms with Gasteiger partial charge in [0.25, 0.3) is 0 Å². The molecule has 3 heteroatoms. The molecule has 0 spiro atoms. The maximum atomic E-state index is 13.5. The van der Waals surface area contributed by atoms with Crippen LogP contribution in [0.2, 0.25) is 5.02 Å². The largest absolute Gasteiger partial charge is 0.326 e. The average Bonchev–Trinajstić information content (AvgIpc) is 2.36. The lowest BCUT2D eigenvalue weighted by atomic mass is 10.0. The Hall–Kier alpha value is -1.38. The second kappa shape index (κ2) is 5.51. The van der Waals surface area contributed by atoms with E-state index in [2.05, 4.69) is 0 Å². The minimum atomic E-state index is -0.218. The number of hydrogen-bond acceptors (Lipinski definition) is 1. The molecule has 0 aromatic heterocycles. The molecule has 2 rings (SSSR count). The molecule has 2 N–H and O–H groups in total. The van der Waals surface area contributed by atoms with Gasteiger partial charge in [0.15, 0.2) is 0 Å². The predicted octanol–water partition coefficient (Wildman–Crippen LogP) is 3.84. The molecule has 0 unspecified atom stereocenters. The lowest BCUT2D eigenvalue weighted by Crippen LogP contribution is -1.98. The molecule has 0 bridgehead atoms. The molecule has 0 saturated heterocycles. The fourth-order valence-corrected chi connectivity index (χ4v) is 2.19. The number of hydrogen-bond donors (Lipinski definition) is 1. The highest BCUT2D eigenvalue weighted by molar-refractivity contribution is 6.31. The van der Waals surface area contributed by atoms with Crippen LogP contribution in [0.25, 0.3) is 0 Å². The fourth-order valence-electron chi connectivity index (χ4n) is 1.91. The Morgan fingerprint density at radius 2 is 1.89 bits per heavy atom.